The molecule has 0 spiro atoms. The Morgan fingerprint density at radius 3 is 2.90 bits per heavy atom. The van der Waals surface area contributed by atoms with E-state index in [1.165, 1.54) is 11.0 Å². The lowest BCUT2D eigenvalue weighted by molar-refractivity contribution is -0.122. The largest absolute Gasteiger partial charge is 0.442 e. The van der Waals surface area contributed by atoms with Crippen molar-refractivity contribution in [2.75, 3.05) is 61.1 Å². The smallest absolute Gasteiger partial charge is 0.414 e. The topological polar surface area (TPSA) is 99.9 Å². The van der Waals surface area contributed by atoms with Crippen molar-refractivity contribution < 1.29 is 18.7 Å². The van der Waals surface area contributed by atoms with Crippen LogP contribution >= 0.6 is 11.8 Å². The number of amides is 2. The van der Waals surface area contributed by atoms with Gasteiger partial charge in [0.2, 0.25) is 5.91 Å². The highest BCUT2D eigenvalue weighted by Gasteiger charge is 2.33. The Balaban J connectivity index is 1.56. The molecule has 2 atom stereocenters. The van der Waals surface area contributed by atoms with Crippen molar-refractivity contribution in [1.82, 2.24) is 10.6 Å². The molecule has 2 fully saturated rings. The molecule has 8 nitrogen and oxygen atoms in total. The van der Waals surface area contributed by atoms with Gasteiger partial charge in [-0.25, -0.2) is 9.18 Å². The Kier molecular flexibility index (Phi) is 7.57. The van der Waals surface area contributed by atoms with E-state index in [1.54, 1.807) is 23.9 Å². The predicted molar refractivity (Wildman–Crippen MR) is 113 cm³/mol. The number of anilines is 2. The van der Waals surface area contributed by atoms with Crippen LogP contribution in [0.4, 0.5) is 20.6 Å². The quantitative estimate of drug-likeness (QED) is 0.565. The van der Waals surface area contributed by atoms with Gasteiger partial charge in [0.25, 0.3) is 0 Å². The number of benzene rings is 1. The zero-order valence-electron chi connectivity index (χ0n) is 16.5. The number of piperazine rings is 1. The monoisotopic (exact) mass is 425 g/mol. The summed E-state index contributed by atoms with van der Waals surface area (Å²) >= 11 is 1.63. The molecule has 2 saturated heterocycles. The number of carbonyl (C=O) groups excluding carboxylic acids is 2. The fourth-order valence-corrected chi connectivity index (χ4v) is 3.88. The molecular weight excluding hydrogens is 397 g/mol. The number of ether oxygens (including phenoxy) is 1. The number of cyclic esters (lactones) is 1. The third kappa shape index (κ3) is 5.52. The number of hydrogen-bond donors (Lipinski definition) is 3. The van der Waals surface area contributed by atoms with Crippen LogP contribution in [0.1, 0.15) is 6.42 Å². The number of carbonyl (C=O) groups is 2. The Hall–Kier alpha value is -2.04. The van der Waals surface area contributed by atoms with Crippen molar-refractivity contribution in [2.45, 2.75) is 18.6 Å². The molecule has 0 bridgehead atoms. The molecule has 0 aliphatic carbocycles. The van der Waals surface area contributed by atoms with Crippen LogP contribution in [0.15, 0.2) is 18.2 Å². The maximum Gasteiger partial charge on any atom is 0.414 e. The number of thioether (sulfide) groups is 1. The van der Waals surface area contributed by atoms with E-state index in [2.05, 4.69) is 10.6 Å². The van der Waals surface area contributed by atoms with E-state index in [1.807, 2.05) is 11.2 Å². The van der Waals surface area contributed by atoms with Crippen LogP contribution in [0, 0.1) is 5.82 Å². The van der Waals surface area contributed by atoms with Gasteiger partial charge < -0.3 is 26.0 Å². The SMILES string of the molecule is CSCCC(N)C(=O)NC[C@H]1CN(c2ccc(N3CCNCC3)c(F)c2)C(=O)O1. The molecule has 2 heterocycles. The van der Waals surface area contributed by atoms with Gasteiger partial charge in [0.05, 0.1) is 30.5 Å². The Morgan fingerprint density at radius 2 is 2.21 bits per heavy atom. The number of hydrogen-bond acceptors (Lipinski definition) is 7. The zero-order chi connectivity index (χ0) is 20.8. The summed E-state index contributed by atoms with van der Waals surface area (Å²) in [6, 6.07) is 4.20. The fraction of sp³-hybridized carbons (Fsp3) is 0.579. The number of halogens is 1. The van der Waals surface area contributed by atoms with Crippen molar-refractivity contribution in [1.29, 1.82) is 0 Å². The average molecular weight is 426 g/mol. The van der Waals surface area contributed by atoms with Gasteiger partial charge in [-0.05, 0) is 36.6 Å². The molecule has 3 rings (SSSR count). The van der Waals surface area contributed by atoms with Gasteiger partial charge in [-0.2, -0.15) is 11.8 Å². The molecule has 2 aliphatic heterocycles. The Morgan fingerprint density at radius 1 is 1.45 bits per heavy atom. The number of nitrogens with zero attached hydrogens (tertiary/aromatic N) is 2. The first-order valence-electron chi connectivity index (χ1n) is 9.75. The van der Waals surface area contributed by atoms with E-state index in [4.69, 9.17) is 10.5 Å². The predicted octanol–water partition coefficient (Wildman–Crippen LogP) is 0.757. The minimum absolute atomic E-state index is 0.176. The lowest BCUT2D eigenvalue weighted by atomic mass is 10.2. The number of nitrogens with two attached hydrogens (primary N) is 1. The van der Waals surface area contributed by atoms with Crippen molar-refractivity contribution in [3.63, 3.8) is 0 Å². The van der Waals surface area contributed by atoms with Gasteiger partial charge in [0.1, 0.15) is 11.9 Å². The molecule has 10 heteroatoms. The molecule has 2 amide bonds. The third-order valence-electron chi connectivity index (χ3n) is 5.05. The Bertz CT molecular complexity index is 732. The molecule has 0 saturated carbocycles. The molecule has 29 heavy (non-hydrogen) atoms. The molecule has 0 aromatic heterocycles. The van der Waals surface area contributed by atoms with Gasteiger partial charge in [-0.15, -0.1) is 0 Å². The van der Waals surface area contributed by atoms with Crippen LogP contribution in [0.25, 0.3) is 0 Å². The minimum atomic E-state index is -0.581. The van der Waals surface area contributed by atoms with Crippen molar-refractivity contribution in [3.05, 3.63) is 24.0 Å². The normalized spacial score (nSPS) is 20.5. The zero-order valence-corrected chi connectivity index (χ0v) is 17.3. The van der Waals surface area contributed by atoms with Crippen molar-refractivity contribution in [3.8, 4) is 0 Å². The summed E-state index contributed by atoms with van der Waals surface area (Å²) < 4.78 is 20.0. The molecule has 4 N–H and O–H groups in total. The summed E-state index contributed by atoms with van der Waals surface area (Å²) in [5, 5.41) is 5.96. The van der Waals surface area contributed by atoms with E-state index in [0.29, 0.717) is 17.8 Å². The average Bonchev–Trinajstić information content (AvgIpc) is 3.11. The van der Waals surface area contributed by atoms with Crippen LogP contribution in [0.3, 0.4) is 0 Å². The highest BCUT2D eigenvalue weighted by Crippen LogP contribution is 2.28. The first kappa shape index (κ1) is 21.7. The highest BCUT2D eigenvalue weighted by atomic mass is 32.2. The van der Waals surface area contributed by atoms with Crippen LogP contribution in [-0.4, -0.2) is 75.4 Å². The van der Waals surface area contributed by atoms with E-state index in [9.17, 15) is 14.0 Å². The first-order valence-corrected chi connectivity index (χ1v) is 11.1. The van der Waals surface area contributed by atoms with Crippen LogP contribution in [0.2, 0.25) is 0 Å². The van der Waals surface area contributed by atoms with Gasteiger partial charge in [0.15, 0.2) is 0 Å². The minimum Gasteiger partial charge on any atom is -0.442 e. The van der Waals surface area contributed by atoms with Gasteiger partial charge in [0, 0.05) is 26.2 Å². The van der Waals surface area contributed by atoms with E-state index < -0.39 is 18.2 Å². The molecule has 1 aromatic carbocycles. The summed E-state index contributed by atoms with van der Waals surface area (Å²) in [6.07, 6.45) is 1.49. The molecule has 1 unspecified atom stereocenters. The summed E-state index contributed by atoms with van der Waals surface area (Å²) in [5.74, 6) is 0.171. The Labute approximate surface area is 174 Å². The number of rotatable bonds is 8. The fourth-order valence-electron chi connectivity index (χ4n) is 3.39. The molecule has 1 aromatic rings. The highest BCUT2D eigenvalue weighted by molar-refractivity contribution is 7.98. The molecule has 2 aliphatic rings. The summed E-state index contributed by atoms with van der Waals surface area (Å²) in [7, 11) is 0. The summed E-state index contributed by atoms with van der Waals surface area (Å²) in [5.41, 5.74) is 6.81. The number of nitrogens with one attached hydrogen (secondary N) is 2. The third-order valence-corrected chi connectivity index (χ3v) is 5.69. The second-order valence-electron chi connectivity index (χ2n) is 7.12. The summed E-state index contributed by atoms with van der Waals surface area (Å²) in [4.78, 5) is 27.6. The lowest BCUT2D eigenvalue weighted by Crippen LogP contribution is -2.44. The van der Waals surface area contributed by atoms with E-state index in [0.717, 1.165) is 31.9 Å². The second kappa shape index (κ2) is 10.1. The first-order chi connectivity index (χ1) is 14.0. The second-order valence-corrected chi connectivity index (χ2v) is 8.11. The van der Waals surface area contributed by atoms with Gasteiger partial charge >= 0.3 is 6.09 Å². The maximum atomic E-state index is 14.6. The molecule has 0 radical (unpaired) electrons. The maximum absolute atomic E-state index is 14.6. The van der Waals surface area contributed by atoms with Crippen LogP contribution < -0.4 is 26.2 Å². The lowest BCUT2D eigenvalue weighted by Gasteiger charge is -2.30. The van der Waals surface area contributed by atoms with Crippen LogP contribution in [-0.2, 0) is 9.53 Å². The van der Waals surface area contributed by atoms with Crippen molar-refractivity contribution in [2.24, 2.45) is 5.73 Å². The van der Waals surface area contributed by atoms with Gasteiger partial charge in [-0.1, -0.05) is 0 Å². The standard InChI is InChI=1S/C19H28FN5O3S/c1-29-9-4-16(21)18(26)23-11-14-12-25(19(27)28-14)13-2-3-17(15(20)10-13)24-7-5-22-6-8-24/h2-3,10,14,16,22H,4-9,11-12,21H2,1H3,(H,23,26)/t14-,16?/m0/s1. The van der Waals surface area contributed by atoms with E-state index in [-0.39, 0.29) is 24.8 Å². The van der Waals surface area contributed by atoms with Gasteiger partial charge in [-0.3, -0.25) is 9.69 Å². The van der Waals surface area contributed by atoms with Crippen molar-refractivity contribution >= 4 is 35.1 Å². The van der Waals surface area contributed by atoms with E-state index >= 15 is 0 Å². The summed E-state index contributed by atoms with van der Waals surface area (Å²) in [6.45, 7) is 3.52. The molecule has 160 valence electrons. The van der Waals surface area contributed by atoms with Crippen LogP contribution in [0.5, 0.6) is 0 Å². The molecular formula is C19H28FN5O3S.